The molecule has 0 fully saturated rings. The minimum atomic E-state index is -1.33. The first-order chi connectivity index (χ1) is 9.99. The molecule has 21 heavy (non-hydrogen) atoms. The smallest absolute Gasteiger partial charge is 0.356 e. The lowest BCUT2D eigenvalue weighted by molar-refractivity contribution is 0.0691. The number of rotatable bonds is 3. The number of amides is 2. The van der Waals surface area contributed by atoms with Gasteiger partial charge in [0, 0.05) is 6.20 Å². The zero-order chi connectivity index (χ0) is 15.4. The molecule has 2 rings (SSSR count). The van der Waals surface area contributed by atoms with Gasteiger partial charge in [0.1, 0.15) is 0 Å². The van der Waals surface area contributed by atoms with E-state index < -0.39 is 23.6 Å². The fraction of sp³-hybridized carbons (Fsp3) is 0. The minimum absolute atomic E-state index is 0.0701. The normalized spacial score (nSPS) is 10.0. The Morgan fingerprint density at radius 2 is 1.71 bits per heavy atom. The predicted molar refractivity (Wildman–Crippen MR) is 70.2 cm³/mol. The molecule has 6 nitrogen and oxygen atoms in total. The molecule has 8 heteroatoms. The number of benzene rings is 1. The van der Waals surface area contributed by atoms with Crippen molar-refractivity contribution in [1.82, 2.24) is 4.98 Å². The van der Waals surface area contributed by atoms with Crippen LogP contribution in [0.2, 0.25) is 0 Å². The first-order valence-corrected chi connectivity index (χ1v) is 5.69. The highest BCUT2D eigenvalue weighted by atomic mass is 19.2. The Labute approximate surface area is 117 Å². The van der Waals surface area contributed by atoms with Crippen LogP contribution in [-0.2, 0) is 0 Å². The molecule has 108 valence electrons. The Kier molecular flexibility index (Phi) is 4.07. The number of aromatic carboxylic acids is 1. The summed E-state index contributed by atoms with van der Waals surface area (Å²) in [5.41, 5.74) is -0.806. The van der Waals surface area contributed by atoms with Gasteiger partial charge in [0.15, 0.2) is 17.3 Å². The summed E-state index contributed by atoms with van der Waals surface area (Å²) in [4.78, 5) is 26.2. The van der Waals surface area contributed by atoms with Crippen molar-refractivity contribution in [3.05, 3.63) is 53.9 Å². The fourth-order valence-corrected chi connectivity index (χ4v) is 1.55. The van der Waals surface area contributed by atoms with Gasteiger partial charge in [-0.15, -0.1) is 0 Å². The molecule has 0 spiro atoms. The van der Waals surface area contributed by atoms with Gasteiger partial charge < -0.3 is 15.7 Å². The van der Waals surface area contributed by atoms with Crippen LogP contribution in [0.4, 0.5) is 25.0 Å². The van der Waals surface area contributed by atoms with Crippen LogP contribution in [-0.4, -0.2) is 22.1 Å². The highest BCUT2D eigenvalue weighted by molar-refractivity contribution is 6.03. The standard InChI is InChI=1S/C13H9F2N3O3/c14-7-3-1-4-8(10(7)15)17-13(21)18-9-5-2-6-16-11(9)12(19)20/h1-6H,(H,19,20)(H2,17,18,21). The molecule has 0 atom stereocenters. The summed E-state index contributed by atoms with van der Waals surface area (Å²) < 4.78 is 26.4. The van der Waals surface area contributed by atoms with Crippen molar-refractivity contribution in [2.45, 2.75) is 0 Å². The van der Waals surface area contributed by atoms with Crippen LogP contribution in [0.1, 0.15) is 10.5 Å². The van der Waals surface area contributed by atoms with Crippen molar-refractivity contribution >= 4 is 23.4 Å². The molecule has 0 unspecified atom stereocenters. The van der Waals surface area contributed by atoms with Gasteiger partial charge in [-0.2, -0.15) is 0 Å². The molecular formula is C13H9F2N3O3. The molecule has 0 saturated carbocycles. The van der Waals surface area contributed by atoms with E-state index in [9.17, 15) is 18.4 Å². The molecule has 1 heterocycles. The van der Waals surface area contributed by atoms with Crippen LogP contribution in [0.15, 0.2) is 36.5 Å². The lowest BCUT2D eigenvalue weighted by Gasteiger charge is -2.09. The number of carbonyl (C=O) groups excluding carboxylic acids is 1. The number of halogens is 2. The third-order valence-corrected chi connectivity index (χ3v) is 2.46. The number of hydrogen-bond acceptors (Lipinski definition) is 3. The van der Waals surface area contributed by atoms with Gasteiger partial charge >= 0.3 is 12.0 Å². The van der Waals surface area contributed by atoms with E-state index in [1.807, 2.05) is 0 Å². The summed E-state index contributed by atoms with van der Waals surface area (Å²) in [5.74, 6) is -3.65. The number of carboxylic acids is 1. The summed E-state index contributed by atoms with van der Waals surface area (Å²) in [6.07, 6.45) is 1.25. The van der Waals surface area contributed by atoms with E-state index in [-0.39, 0.29) is 17.1 Å². The van der Waals surface area contributed by atoms with Gasteiger partial charge in [0.25, 0.3) is 0 Å². The van der Waals surface area contributed by atoms with Crippen LogP contribution in [0.3, 0.4) is 0 Å². The van der Waals surface area contributed by atoms with E-state index in [4.69, 9.17) is 5.11 Å². The Morgan fingerprint density at radius 1 is 1.05 bits per heavy atom. The molecule has 0 aliphatic rings. The van der Waals surface area contributed by atoms with Gasteiger partial charge in [-0.1, -0.05) is 6.07 Å². The topological polar surface area (TPSA) is 91.3 Å². The van der Waals surface area contributed by atoms with Crippen LogP contribution in [0, 0.1) is 11.6 Å². The third-order valence-electron chi connectivity index (χ3n) is 2.46. The predicted octanol–water partition coefficient (Wildman–Crippen LogP) is 2.70. The zero-order valence-electron chi connectivity index (χ0n) is 10.4. The average Bonchev–Trinajstić information content (AvgIpc) is 2.44. The summed E-state index contributed by atoms with van der Waals surface area (Å²) in [7, 11) is 0. The third kappa shape index (κ3) is 3.30. The minimum Gasteiger partial charge on any atom is -0.476 e. The second-order valence-electron chi connectivity index (χ2n) is 3.89. The number of carboxylic acid groups (broad SMARTS) is 1. The van der Waals surface area contributed by atoms with Crippen LogP contribution >= 0.6 is 0 Å². The van der Waals surface area contributed by atoms with E-state index in [1.165, 1.54) is 30.5 Å². The molecule has 3 N–H and O–H groups in total. The number of pyridine rings is 1. The zero-order valence-corrected chi connectivity index (χ0v) is 10.4. The highest BCUT2D eigenvalue weighted by Crippen LogP contribution is 2.17. The maximum absolute atomic E-state index is 13.4. The molecule has 0 aliphatic carbocycles. The van der Waals surface area contributed by atoms with Crippen LogP contribution < -0.4 is 10.6 Å². The molecule has 2 amide bonds. The van der Waals surface area contributed by atoms with Crippen molar-refractivity contribution in [2.75, 3.05) is 10.6 Å². The molecule has 1 aromatic carbocycles. The number of urea groups is 1. The van der Waals surface area contributed by atoms with E-state index in [2.05, 4.69) is 15.6 Å². The van der Waals surface area contributed by atoms with E-state index in [0.29, 0.717) is 0 Å². The second-order valence-corrected chi connectivity index (χ2v) is 3.89. The van der Waals surface area contributed by atoms with Crippen molar-refractivity contribution in [3.8, 4) is 0 Å². The Balaban J connectivity index is 2.16. The van der Waals surface area contributed by atoms with Gasteiger partial charge in [-0.3, -0.25) is 0 Å². The van der Waals surface area contributed by atoms with Crippen molar-refractivity contribution in [3.63, 3.8) is 0 Å². The van der Waals surface area contributed by atoms with Crippen molar-refractivity contribution in [2.24, 2.45) is 0 Å². The summed E-state index contributed by atoms with van der Waals surface area (Å²) in [5, 5.41) is 13.2. The number of aromatic nitrogens is 1. The largest absolute Gasteiger partial charge is 0.476 e. The van der Waals surface area contributed by atoms with Gasteiger partial charge in [0.2, 0.25) is 0 Å². The molecule has 2 aromatic rings. The van der Waals surface area contributed by atoms with Crippen LogP contribution in [0.5, 0.6) is 0 Å². The number of hydrogen-bond donors (Lipinski definition) is 3. The number of nitrogens with one attached hydrogen (secondary N) is 2. The summed E-state index contributed by atoms with van der Waals surface area (Å²) in [6.45, 7) is 0. The molecule has 0 radical (unpaired) electrons. The number of carbonyl (C=O) groups is 2. The summed E-state index contributed by atoms with van der Waals surface area (Å²) in [6, 6.07) is 5.11. The maximum atomic E-state index is 13.4. The number of anilines is 2. The van der Waals surface area contributed by atoms with E-state index in [0.717, 1.165) is 6.07 Å². The summed E-state index contributed by atoms with van der Waals surface area (Å²) >= 11 is 0. The van der Waals surface area contributed by atoms with Crippen molar-refractivity contribution in [1.29, 1.82) is 0 Å². The second kappa shape index (κ2) is 5.95. The first-order valence-electron chi connectivity index (χ1n) is 5.69. The fourth-order valence-electron chi connectivity index (χ4n) is 1.55. The molecular weight excluding hydrogens is 284 g/mol. The lowest BCUT2D eigenvalue weighted by Crippen LogP contribution is -2.22. The van der Waals surface area contributed by atoms with Gasteiger partial charge in [-0.05, 0) is 24.3 Å². The van der Waals surface area contributed by atoms with Crippen LogP contribution in [0.25, 0.3) is 0 Å². The van der Waals surface area contributed by atoms with Gasteiger partial charge in [-0.25, -0.2) is 23.4 Å². The highest BCUT2D eigenvalue weighted by Gasteiger charge is 2.15. The molecule has 0 aliphatic heterocycles. The molecule has 0 bridgehead atoms. The Bertz CT molecular complexity index is 707. The van der Waals surface area contributed by atoms with E-state index >= 15 is 0 Å². The van der Waals surface area contributed by atoms with Crippen molar-refractivity contribution < 1.29 is 23.5 Å². The first kappa shape index (κ1) is 14.4. The molecule has 0 saturated heterocycles. The average molecular weight is 293 g/mol. The Morgan fingerprint density at radius 3 is 2.43 bits per heavy atom. The quantitative estimate of drug-likeness (QED) is 0.811. The van der Waals surface area contributed by atoms with Gasteiger partial charge in [0.05, 0.1) is 11.4 Å². The molecule has 1 aromatic heterocycles. The maximum Gasteiger partial charge on any atom is 0.356 e. The number of nitrogens with zero attached hydrogens (tertiary/aromatic N) is 1. The monoisotopic (exact) mass is 293 g/mol. The lowest BCUT2D eigenvalue weighted by atomic mass is 10.3. The SMILES string of the molecule is O=C(Nc1cccnc1C(=O)O)Nc1cccc(F)c1F. The van der Waals surface area contributed by atoms with E-state index in [1.54, 1.807) is 0 Å². The Hall–Kier alpha value is -3.03.